The molecular weight excluding hydrogens is 254 g/mol. The van der Waals surface area contributed by atoms with E-state index in [1.807, 2.05) is 30.3 Å². The smallest absolute Gasteiger partial charge is 0.161 e. The number of aliphatic hydroxyl groups is 1. The van der Waals surface area contributed by atoms with Crippen LogP contribution in [0.1, 0.15) is 22.8 Å². The quantitative estimate of drug-likeness (QED) is 0.877. The van der Waals surface area contributed by atoms with Gasteiger partial charge in [-0.1, -0.05) is 30.3 Å². The first-order valence-corrected chi connectivity index (χ1v) is 6.38. The van der Waals surface area contributed by atoms with Crippen molar-refractivity contribution in [1.82, 2.24) is 0 Å². The van der Waals surface area contributed by atoms with Crippen molar-refractivity contribution in [3.8, 4) is 11.5 Å². The van der Waals surface area contributed by atoms with Crippen molar-refractivity contribution in [2.45, 2.75) is 12.6 Å². The Morgan fingerprint density at radius 2 is 1.55 bits per heavy atom. The Morgan fingerprint density at radius 1 is 0.950 bits per heavy atom. The van der Waals surface area contributed by atoms with Gasteiger partial charge in [0.2, 0.25) is 0 Å². The van der Waals surface area contributed by atoms with Gasteiger partial charge < -0.3 is 20.3 Å². The molecule has 0 saturated heterocycles. The lowest BCUT2D eigenvalue weighted by atomic mass is 10.00. The third-order valence-electron chi connectivity index (χ3n) is 3.25. The van der Waals surface area contributed by atoms with Crippen LogP contribution < -0.4 is 15.2 Å². The minimum absolute atomic E-state index is 0.493. The second kappa shape index (κ2) is 6.41. The predicted octanol–water partition coefficient (Wildman–Crippen LogP) is 2.24. The number of hydrogen-bond donors (Lipinski definition) is 2. The molecule has 0 amide bonds. The molecular formula is C16H19NO3. The summed E-state index contributed by atoms with van der Waals surface area (Å²) < 4.78 is 10.4. The Labute approximate surface area is 118 Å². The highest BCUT2D eigenvalue weighted by Crippen LogP contribution is 2.32. The van der Waals surface area contributed by atoms with E-state index < -0.39 is 6.10 Å². The lowest BCUT2D eigenvalue weighted by Gasteiger charge is -2.15. The number of rotatable bonds is 5. The summed E-state index contributed by atoms with van der Waals surface area (Å²) in [6.07, 6.45) is -0.707. The van der Waals surface area contributed by atoms with Crippen LogP contribution in [0.3, 0.4) is 0 Å². The van der Waals surface area contributed by atoms with Crippen molar-refractivity contribution in [3.63, 3.8) is 0 Å². The average molecular weight is 273 g/mol. The maximum absolute atomic E-state index is 10.4. The molecule has 0 aliphatic heterocycles. The summed E-state index contributed by atoms with van der Waals surface area (Å²) in [6.45, 7) is 0.493. The average Bonchev–Trinajstić information content (AvgIpc) is 2.53. The summed E-state index contributed by atoms with van der Waals surface area (Å²) in [5.41, 5.74) is 8.17. The lowest BCUT2D eigenvalue weighted by Crippen LogP contribution is -2.02. The second-order valence-corrected chi connectivity index (χ2v) is 4.46. The Kier molecular flexibility index (Phi) is 4.61. The maximum Gasteiger partial charge on any atom is 0.161 e. The molecule has 2 rings (SSSR count). The van der Waals surface area contributed by atoms with Crippen LogP contribution in [-0.2, 0) is 6.54 Å². The normalized spacial score (nSPS) is 12.0. The highest BCUT2D eigenvalue weighted by molar-refractivity contribution is 5.45. The van der Waals surface area contributed by atoms with E-state index in [0.29, 0.717) is 18.0 Å². The molecule has 0 saturated carbocycles. The SMILES string of the molecule is COc1ccc(C(O)c2ccc(CN)cc2)cc1OC. The highest BCUT2D eigenvalue weighted by atomic mass is 16.5. The highest BCUT2D eigenvalue weighted by Gasteiger charge is 2.13. The van der Waals surface area contributed by atoms with Crippen molar-refractivity contribution in [2.75, 3.05) is 14.2 Å². The van der Waals surface area contributed by atoms with Crippen molar-refractivity contribution in [2.24, 2.45) is 5.73 Å². The van der Waals surface area contributed by atoms with Crippen molar-refractivity contribution in [1.29, 1.82) is 0 Å². The second-order valence-electron chi connectivity index (χ2n) is 4.46. The zero-order valence-corrected chi connectivity index (χ0v) is 11.7. The molecule has 0 aromatic heterocycles. The molecule has 2 aromatic rings. The van der Waals surface area contributed by atoms with E-state index in [-0.39, 0.29) is 0 Å². The maximum atomic E-state index is 10.4. The number of ether oxygens (including phenoxy) is 2. The Balaban J connectivity index is 2.29. The van der Waals surface area contributed by atoms with Gasteiger partial charge in [-0.05, 0) is 28.8 Å². The van der Waals surface area contributed by atoms with Gasteiger partial charge in [-0.3, -0.25) is 0 Å². The van der Waals surface area contributed by atoms with Gasteiger partial charge in [-0.25, -0.2) is 0 Å². The van der Waals surface area contributed by atoms with Gasteiger partial charge in [-0.2, -0.15) is 0 Å². The van der Waals surface area contributed by atoms with Gasteiger partial charge in [0.15, 0.2) is 11.5 Å². The van der Waals surface area contributed by atoms with E-state index in [1.165, 1.54) is 0 Å². The summed E-state index contributed by atoms with van der Waals surface area (Å²) in [5, 5.41) is 10.4. The monoisotopic (exact) mass is 273 g/mol. The molecule has 3 N–H and O–H groups in total. The first kappa shape index (κ1) is 14.4. The fourth-order valence-corrected chi connectivity index (χ4v) is 2.05. The standard InChI is InChI=1S/C16H19NO3/c1-19-14-8-7-13(9-15(14)20-2)16(18)12-5-3-11(10-17)4-6-12/h3-9,16,18H,10,17H2,1-2H3. The van der Waals surface area contributed by atoms with Crippen molar-refractivity contribution in [3.05, 3.63) is 59.2 Å². The Morgan fingerprint density at radius 3 is 2.10 bits per heavy atom. The molecule has 0 bridgehead atoms. The summed E-state index contributed by atoms with van der Waals surface area (Å²) in [4.78, 5) is 0. The Hall–Kier alpha value is -2.04. The van der Waals surface area contributed by atoms with E-state index in [9.17, 15) is 5.11 Å². The number of benzene rings is 2. The molecule has 2 aromatic carbocycles. The largest absolute Gasteiger partial charge is 0.493 e. The van der Waals surface area contributed by atoms with Crippen LogP contribution in [0.5, 0.6) is 11.5 Å². The van der Waals surface area contributed by atoms with E-state index in [0.717, 1.165) is 16.7 Å². The molecule has 0 radical (unpaired) electrons. The minimum atomic E-state index is -0.707. The van der Waals surface area contributed by atoms with Crippen LogP contribution in [0.25, 0.3) is 0 Å². The van der Waals surface area contributed by atoms with Gasteiger partial charge in [0.25, 0.3) is 0 Å². The van der Waals surface area contributed by atoms with Gasteiger partial charge in [0.05, 0.1) is 14.2 Å². The van der Waals surface area contributed by atoms with Crippen molar-refractivity contribution < 1.29 is 14.6 Å². The molecule has 4 heteroatoms. The van der Waals surface area contributed by atoms with E-state index in [4.69, 9.17) is 15.2 Å². The number of nitrogens with two attached hydrogens (primary N) is 1. The van der Waals surface area contributed by atoms with Crippen LogP contribution in [0.4, 0.5) is 0 Å². The van der Waals surface area contributed by atoms with Gasteiger partial charge in [0.1, 0.15) is 6.10 Å². The van der Waals surface area contributed by atoms with Crippen LogP contribution in [0, 0.1) is 0 Å². The first-order chi connectivity index (χ1) is 9.69. The lowest BCUT2D eigenvalue weighted by molar-refractivity contribution is 0.219. The molecule has 1 atom stereocenters. The molecule has 106 valence electrons. The van der Waals surface area contributed by atoms with Gasteiger partial charge in [0, 0.05) is 6.54 Å². The van der Waals surface area contributed by atoms with E-state index in [1.54, 1.807) is 26.4 Å². The van der Waals surface area contributed by atoms with E-state index in [2.05, 4.69) is 0 Å². The molecule has 1 unspecified atom stereocenters. The third-order valence-corrected chi connectivity index (χ3v) is 3.25. The molecule has 0 fully saturated rings. The molecule has 0 spiro atoms. The van der Waals surface area contributed by atoms with Crippen molar-refractivity contribution >= 4 is 0 Å². The topological polar surface area (TPSA) is 64.7 Å². The summed E-state index contributed by atoms with van der Waals surface area (Å²) in [7, 11) is 3.16. The minimum Gasteiger partial charge on any atom is -0.493 e. The first-order valence-electron chi connectivity index (χ1n) is 6.38. The fourth-order valence-electron chi connectivity index (χ4n) is 2.05. The van der Waals surface area contributed by atoms with Crippen LogP contribution in [0.15, 0.2) is 42.5 Å². The number of aliphatic hydroxyl groups excluding tert-OH is 1. The summed E-state index contributed by atoms with van der Waals surface area (Å²) in [5.74, 6) is 1.24. The predicted molar refractivity (Wildman–Crippen MR) is 77.9 cm³/mol. The number of hydrogen-bond acceptors (Lipinski definition) is 4. The van der Waals surface area contributed by atoms with Gasteiger partial charge >= 0.3 is 0 Å². The molecule has 0 aliphatic carbocycles. The molecule has 4 nitrogen and oxygen atoms in total. The fraction of sp³-hybridized carbons (Fsp3) is 0.250. The Bertz CT molecular complexity index is 566. The zero-order valence-electron chi connectivity index (χ0n) is 11.7. The number of methoxy groups -OCH3 is 2. The molecule has 0 aliphatic rings. The summed E-state index contributed by atoms with van der Waals surface area (Å²) in [6, 6.07) is 13.0. The summed E-state index contributed by atoms with van der Waals surface area (Å²) >= 11 is 0. The molecule has 0 heterocycles. The van der Waals surface area contributed by atoms with Gasteiger partial charge in [-0.15, -0.1) is 0 Å². The zero-order chi connectivity index (χ0) is 14.5. The van der Waals surface area contributed by atoms with Crippen LogP contribution in [-0.4, -0.2) is 19.3 Å². The van der Waals surface area contributed by atoms with E-state index >= 15 is 0 Å². The third kappa shape index (κ3) is 2.92. The molecule has 20 heavy (non-hydrogen) atoms. The van der Waals surface area contributed by atoms with Crippen LogP contribution in [0.2, 0.25) is 0 Å². The van der Waals surface area contributed by atoms with Crippen LogP contribution >= 0.6 is 0 Å².